The topological polar surface area (TPSA) is 0 Å². The van der Waals surface area contributed by atoms with Crippen LogP contribution in [0.2, 0.25) is 0 Å². The van der Waals surface area contributed by atoms with Gasteiger partial charge in [-0.3, -0.25) is 0 Å². The normalized spacial score (nSPS) is 11.1. The number of benzene rings is 1. The van der Waals surface area contributed by atoms with Crippen LogP contribution in [0.15, 0.2) is 18.2 Å². The average molecular weight is 207 g/mol. The van der Waals surface area contributed by atoms with Crippen molar-refractivity contribution in [2.45, 2.75) is 0 Å². The van der Waals surface area contributed by atoms with E-state index in [9.17, 15) is 13.2 Å². The molecule has 0 aliphatic carbocycles. The second-order valence-electron chi connectivity index (χ2n) is 2.34. The Morgan fingerprint density at radius 2 is 1.69 bits per heavy atom. The smallest absolute Gasteiger partial charge is 0.161 e. The van der Waals surface area contributed by atoms with Gasteiger partial charge in [0.2, 0.25) is 0 Å². The van der Waals surface area contributed by atoms with Gasteiger partial charge in [-0.1, -0.05) is 12.2 Å². The molecule has 0 bridgehead atoms. The molecule has 0 aliphatic heterocycles. The van der Waals surface area contributed by atoms with Gasteiger partial charge in [-0.25, -0.2) is 13.2 Å². The minimum Gasteiger partial charge on any atom is -0.206 e. The Labute approximate surface area is 78.6 Å². The maximum atomic E-state index is 12.9. The van der Waals surface area contributed by atoms with Crippen LogP contribution in [0.5, 0.6) is 0 Å². The molecule has 0 nitrogen and oxygen atoms in total. The number of halogens is 4. The van der Waals surface area contributed by atoms with Crippen molar-refractivity contribution in [1.29, 1.82) is 0 Å². The molecule has 0 spiro atoms. The van der Waals surface area contributed by atoms with Crippen molar-refractivity contribution < 1.29 is 13.2 Å². The summed E-state index contributed by atoms with van der Waals surface area (Å²) in [7, 11) is 0. The highest BCUT2D eigenvalue weighted by Crippen LogP contribution is 2.14. The van der Waals surface area contributed by atoms with E-state index < -0.39 is 17.5 Å². The third-order valence-corrected chi connectivity index (χ3v) is 1.60. The zero-order valence-corrected chi connectivity index (χ0v) is 7.28. The molecule has 0 fully saturated rings. The molecule has 70 valence electrons. The highest BCUT2D eigenvalue weighted by Gasteiger charge is 2.06. The molecule has 0 heterocycles. The molecule has 0 N–H and O–H groups in total. The zero-order chi connectivity index (χ0) is 9.84. The molecule has 0 aliphatic rings. The van der Waals surface area contributed by atoms with Gasteiger partial charge in [0.15, 0.2) is 11.6 Å². The van der Waals surface area contributed by atoms with Crippen molar-refractivity contribution in [3.63, 3.8) is 0 Å². The maximum Gasteiger partial charge on any atom is 0.161 e. The van der Waals surface area contributed by atoms with E-state index in [1.807, 2.05) is 0 Å². The number of alkyl halides is 1. The molecule has 0 unspecified atom stereocenters. The van der Waals surface area contributed by atoms with Crippen LogP contribution in [0.25, 0.3) is 6.08 Å². The quantitative estimate of drug-likeness (QED) is 0.514. The van der Waals surface area contributed by atoms with Gasteiger partial charge >= 0.3 is 0 Å². The highest BCUT2D eigenvalue weighted by atomic mass is 35.5. The molecule has 0 saturated carbocycles. The minimum atomic E-state index is -1.19. The molecule has 4 heteroatoms. The molecule has 1 aromatic rings. The van der Waals surface area contributed by atoms with Gasteiger partial charge in [0.05, 0.1) is 0 Å². The van der Waals surface area contributed by atoms with Gasteiger partial charge < -0.3 is 0 Å². The molecule has 0 saturated heterocycles. The molecular weight excluding hydrogens is 201 g/mol. The summed E-state index contributed by atoms with van der Waals surface area (Å²) >= 11 is 5.30. The molecule has 0 aromatic heterocycles. The lowest BCUT2D eigenvalue weighted by molar-refractivity contribution is 0.494. The third kappa shape index (κ3) is 2.49. The molecule has 1 aromatic carbocycles. The number of allylic oxidation sites excluding steroid dienone is 1. The van der Waals surface area contributed by atoms with Crippen LogP contribution >= 0.6 is 11.6 Å². The Morgan fingerprint density at radius 3 is 2.31 bits per heavy atom. The second kappa shape index (κ2) is 4.33. The first-order valence-electron chi connectivity index (χ1n) is 3.52. The molecule has 0 amide bonds. The van der Waals surface area contributed by atoms with Crippen LogP contribution in [-0.4, -0.2) is 5.88 Å². The van der Waals surface area contributed by atoms with Crippen LogP contribution < -0.4 is 0 Å². The SMILES string of the molecule is Fc1cc(F)c(C=CCCl)cc1F. The van der Waals surface area contributed by atoms with Crippen LogP contribution in [0, 0.1) is 17.5 Å². The Morgan fingerprint density at radius 1 is 1.08 bits per heavy atom. The van der Waals surface area contributed by atoms with Gasteiger partial charge in [-0.05, 0) is 6.07 Å². The van der Waals surface area contributed by atoms with Crippen molar-refractivity contribution in [2.24, 2.45) is 0 Å². The first kappa shape index (κ1) is 10.1. The van der Waals surface area contributed by atoms with E-state index in [2.05, 4.69) is 0 Å². The fourth-order valence-electron chi connectivity index (χ4n) is 0.837. The van der Waals surface area contributed by atoms with E-state index in [0.717, 1.165) is 6.07 Å². The van der Waals surface area contributed by atoms with Crippen molar-refractivity contribution in [1.82, 2.24) is 0 Å². The highest BCUT2D eigenvalue weighted by molar-refractivity contribution is 6.19. The lowest BCUT2D eigenvalue weighted by atomic mass is 10.2. The van der Waals surface area contributed by atoms with Crippen LogP contribution in [-0.2, 0) is 0 Å². The van der Waals surface area contributed by atoms with Gasteiger partial charge in [-0.15, -0.1) is 11.6 Å². The van der Waals surface area contributed by atoms with Crippen LogP contribution in [0.4, 0.5) is 13.2 Å². The standard InChI is InChI=1S/C9H6ClF3/c10-3-1-2-6-4-8(12)9(13)5-7(6)11/h1-2,4-5H,3H2. The van der Waals surface area contributed by atoms with E-state index in [0.29, 0.717) is 6.07 Å². The summed E-state index contributed by atoms with van der Waals surface area (Å²) < 4.78 is 37.8. The van der Waals surface area contributed by atoms with Crippen molar-refractivity contribution in [3.8, 4) is 0 Å². The third-order valence-electron chi connectivity index (χ3n) is 1.43. The summed E-state index contributed by atoms with van der Waals surface area (Å²) in [5.41, 5.74) is -0.0143. The van der Waals surface area contributed by atoms with Gasteiger partial charge in [0.1, 0.15) is 5.82 Å². The summed E-state index contributed by atoms with van der Waals surface area (Å²) in [6, 6.07) is 1.29. The lowest BCUT2D eigenvalue weighted by Crippen LogP contribution is -1.90. The predicted octanol–water partition coefficient (Wildman–Crippen LogP) is 3.36. The van der Waals surface area contributed by atoms with Gasteiger partial charge in [0.25, 0.3) is 0 Å². The summed E-state index contributed by atoms with van der Waals surface area (Å²) in [4.78, 5) is 0. The number of hydrogen-bond acceptors (Lipinski definition) is 0. The largest absolute Gasteiger partial charge is 0.206 e. The van der Waals surface area contributed by atoms with E-state index in [-0.39, 0.29) is 11.4 Å². The Kier molecular flexibility index (Phi) is 3.37. The maximum absolute atomic E-state index is 12.9. The number of rotatable bonds is 2. The van der Waals surface area contributed by atoms with Crippen LogP contribution in [0.1, 0.15) is 5.56 Å². The van der Waals surface area contributed by atoms with Gasteiger partial charge in [0, 0.05) is 17.5 Å². The van der Waals surface area contributed by atoms with Crippen LogP contribution in [0.3, 0.4) is 0 Å². The molecular formula is C9H6ClF3. The first-order chi connectivity index (χ1) is 6.15. The van der Waals surface area contributed by atoms with E-state index >= 15 is 0 Å². The Balaban J connectivity index is 3.08. The average Bonchev–Trinajstić information content (AvgIpc) is 2.09. The van der Waals surface area contributed by atoms with E-state index in [1.165, 1.54) is 12.2 Å². The predicted molar refractivity (Wildman–Crippen MR) is 46.1 cm³/mol. The summed E-state index contributed by atoms with van der Waals surface area (Å²) in [6.07, 6.45) is 2.74. The van der Waals surface area contributed by atoms with E-state index in [1.54, 1.807) is 0 Å². The fourth-order valence-corrected chi connectivity index (χ4v) is 0.926. The molecule has 0 atom stereocenters. The first-order valence-corrected chi connectivity index (χ1v) is 4.05. The number of hydrogen-bond donors (Lipinski definition) is 0. The minimum absolute atomic E-state index is 0.0143. The Bertz CT molecular complexity index is 334. The lowest BCUT2D eigenvalue weighted by Gasteiger charge is -1.97. The molecule has 1 rings (SSSR count). The molecule has 13 heavy (non-hydrogen) atoms. The Hall–Kier alpha value is -0.960. The van der Waals surface area contributed by atoms with Crippen molar-refractivity contribution >= 4 is 17.7 Å². The second-order valence-corrected chi connectivity index (χ2v) is 2.65. The van der Waals surface area contributed by atoms with Crippen molar-refractivity contribution in [2.75, 3.05) is 5.88 Å². The molecule has 0 radical (unpaired) electrons. The van der Waals surface area contributed by atoms with Crippen molar-refractivity contribution in [3.05, 3.63) is 41.2 Å². The summed E-state index contributed by atoms with van der Waals surface area (Å²) in [5.74, 6) is -2.88. The van der Waals surface area contributed by atoms with E-state index in [4.69, 9.17) is 11.6 Å². The fraction of sp³-hybridized carbons (Fsp3) is 0.111. The monoisotopic (exact) mass is 206 g/mol. The van der Waals surface area contributed by atoms with Gasteiger partial charge in [-0.2, -0.15) is 0 Å². The summed E-state index contributed by atoms with van der Waals surface area (Å²) in [6.45, 7) is 0. The zero-order valence-electron chi connectivity index (χ0n) is 6.53. The summed E-state index contributed by atoms with van der Waals surface area (Å²) in [5, 5.41) is 0.